The van der Waals surface area contributed by atoms with E-state index in [4.69, 9.17) is 4.74 Å². The van der Waals surface area contributed by atoms with Crippen molar-refractivity contribution >= 4 is 5.91 Å². The number of hydrogen-bond donors (Lipinski definition) is 2. The maximum absolute atomic E-state index is 12.0. The fourth-order valence-corrected chi connectivity index (χ4v) is 1.72. The van der Waals surface area contributed by atoms with Crippen LogP contribution in [0.1, 0.15) is 44.5 Å². The Morgan fingerprint density at radius 3 is 2.70 bits per heavy atom. The molecule has 0 bridgehead atoms. The van der Waals surface area contributed by atoms with E-state index in [0.717, 1.165) is 6.42 Å². The Labute approximate surface area is 120 Å². The van der Waals surface area contributed by atoms with Gasteiger partial charge < -0.3 is 15.2 Å². The second kappa shape index (κ2) is 7.24. The molecule has 1 aromatic rings. The van der Waals surface area contributed by atoms with Crippen LogP contribution < -0.4 is 10.1 Å². The van der Waals surface area contributed by atoms with E-state index < -0.39 is 5.60 Å². The first-order valence-corrected chi connectivity index (χ1v) is 7.00. The highest BCUT2D eigenvalue weighted by molar-refractivity contribution is 5.93. The summed E-state index contributed by atoms with van der Waals surface area (Å²) in [6, 6.07) is 3.32. The average molecular weight is 280 g/mol. The molecule has 20 heavy (non-hydrogen) atoms. The van der Waals surface area contributed by atoms with Crippen molar-refractivity contribution < 1.29 is 14.6 Å². The molecule has 0 radical (unpaired) electrons. The zero-order valence-corrected chi connectivity index (χ0v) is 12.6. The van der Waals surface area contributed by atoms with Gasteiger partial charge in [-0.2, -0.15) is 0 Å². The Hall–Kier alpha value is -1.62. The quantitative estimate of drug-likeness (QED) is 0.801. The largest absolute Gasteiger partial charge is 0.478 e. The number of hydrogen-bond acceptors (Lipinski definition) is 4. The highest BCUT2D eigenvalue weighted by Gasteiger charge is 2.27. The van der Waals surface area contributed by atoms with Gasteiger partial charge in [0.2, 0.25) is 5.88 Å². The Kier molecular flexibility index (Phi) is 5.95. The number of carbonyl (C=O) groups excluding carboxylic acids is 1. The molecule has 2 N–H and O–H groups in total. The van der Waals surface area contributed by atoms with Crippen LogP contribution in [0.5, 0.6) is 5.88 Å². The number of aromatic nitrogens is 1. The van der Waals surface area contributed by atoms with Crippen LogP contribution in [0.4, 0.5) is 0 Å². The number of pyridine rings is 1. The molecular weight excluding hydrogens is 256 g/mol. The lowest BCUT2D eigenvalue weighted by Crippen LogP contribution is -2.45. The van der Waals surface area contributed by atoms with Gasteiger partial charge in [-0.15, -0.1) is 0 Å². The van der Waals surface area contributed by atoms with E-state index in [1.807, 2.05) is 20.8 Å². The predicted octanol–water partition coefficient (Wildman–Crippen LogP) is 2.01. The maximum atomic E-state index is 12.0. The van der Waals surface area contributed by atoms with Gasteiger partial charge in [-0.1, -0.05) is 20.3 Å². The van der Waals surface area contributed by atoms with Crippen molar-refractivity contribution in [2.75, 3.05) is 13.2 Å². The van der Waals surface area contributed by atoms with Crippen molar-refractivity contribution in [3.63, 3.8) is 0 Å². The number of amides is 1. The van der Waals surface area contributed by atoms with Crippen molar-refractivity contribution in [2.24, 2.45) is 5.92 Å². The fraction of sp³-hybridized carbons (Fsp3) is 0.600. The van der Waals surface area contributed by atoms with Crippen molar-refractivity contribution in [1.29, 1.82) is 0 Å². The van der Waals surface area contributed by atoms with Gasteiger partial charge in [0.05, 0.1) is 17.8 Å². The van der Waals surface area contributed by atoms with E-state index in [9.17, 15) is 9.90 Å². The Morgan fingerprint density at radius 2 is 2.20 bits per heavy atom. The molecule has 0 aliphatic heterocycles. The Bertz CT molecular complexity index is 429. The summed E-state index contributed by atoms with van der Waals surface area (Å²) in [6.07, 6.45) is 2.33. The summed E-state index contributed by atoms with van der Waals surface area (Å²) in [5.41, 5.74) is -0.461. The van der Waals surface area contributed by atoms with Gasteiger partial charge in [0, 0.05) is 18.8 Å². The lowest BCUT2D eigenvalue weighted by molar-refractivity contribution is 0.00592. The van der Waals surface area contributed by atoms with Crippen LogP contribution in [0.3, 0.4) is 0 Å². The summed E-state index contributed by atoms with van der Waals surface area (Å²) in [5.74, 6) is 0.362. The third kappa shape index (κ3) is 4.49. The summed E-state index contributed by atoms with van der Waals surface area (Å²) in [7, 11) is 0. The van der Waals surface area contributed by atoms with E-state index in [1.54, 1.807) is 19.1 Å². The highest BCUT2D eigenvalue weighted by atomic mass is 16.5. The number of rotatable bonds is 7. The third-order valence-electron chi connectivity index (χ3n) is 3.57. The SMILES string of the molecule is CCOc1ccc(C(=O)NCC(C)(O)C(C)CC)cn1. The molecule has 0 aliphatic rings. The smallest absolute Gasteiger partial charge is 0.252 e. The molecule has 1 amide bonds. The van der Waals surface area contributed by atoms with Gasteiger partial charge in [0.25, 0.3) is 5.91 Å². The second-order valence-corrected chi connectivity index (χ2v) is 5.17. The Balaban J connectivity index is 2.58. The predicted molar refractivity (Wildman–Crippen MR) is 77.8 cm³/mol. The summed E-state index contributed by atoms with van der Waals surface area (Å²) in [5, 5.41) is 13.0. The molecule has 1 heterocycles. The number of carbonyl (C=O) groups is 1. The molecule has 2 atom stereocenters. The van der Waals surface area contributed by atoms with E-state index in [-0.39, 0.29) is 18.4 Å². The molecule has 0 fully saturated rings. The third-order valence-corrected chi connectivity index (χ3v) is 3.57. The zero-order chi connectivity index (χ0) is 15.2. The first-order valence-electron chi connectivity index (χ1n) is 7.00. The number of nitrogens with zero attached hydrogens (tertiary/aromatic N) is 1. The molecule has 112 valence electrons. The average Bonchev–Trinajstić information content (AvgIpc) is 2.45. The van der Waals surface area contributed by atoms with Gasteiger partial charge >= 0.3 is 0 Å². The number of aliphatic hydroxyl groups is 1. The molecule has 2 unspecified atom stereocenters. The summed E-state index contributed by atoms with van der Waals surface area (Å²) >= 11 is 0. The van der Waals surface area contributed by atoms with Crippen LogP contribution in [0.15, 0.2) is 18.3 Å². The summed E-state index contributed by atoms with van der Waals surface area (Å²) in [4.78, 5) is 16.0. The minimum atomic E-state index is -0.914. The molecule has 5 heteroatoms. The van der Waals surface area contributed by atoms with E-state index in [0.29, 0.717) is 18.1 Å². The molecule has 0 saturated heterocycles. The summed E-state index contributed by atoms with van der Waals surface area (Å²) < 4.78 is 5.22. The number of ether oxygens (including phenoxy) is 1. The lowest BCUT2D eigenvalue weighted by Gasteiger charge is -2.29. The Morgan fingerprint density at radius 1 is 1.50 bits per heavy atom. The molecule has 0 spiro atoms. The van der Waals surface area contributed by atoms with E-state index >= 15 is 0 Å². The van der Waals surface area contributed by atoms with Gasteiger partial charge in [-0.25, -0.2) is 4.98 Å². The lowest BCUT2D eigenvalue weighted by atomic mass is 9.88. The topological polar surface area (TPSA) is 71.5 Å². The van der Waals surface area contributed by atoms with Crippen LogP contribution in [0.25, 0.3) is 0 Å². The van der Waals surface area contributed by atoms with Crippen LogP contribution in [0, 0.1) is 5.92 Å². The molecule has 1 rings (SSSR count). The van der Waals surface area contributed by atoms with Crippen molar-refractivity contribution in [1.82, 2.24) is 10.3 Å². The number of nitrogens with one attached hydrogen (secondary N) is 1. The molecule has 1 aromatic heterocycles. The fourth-order valence-electron chi connectivity index (χ4n) is 1.72. The first-order chi connectivity index (χ1) is 9.40. The van der Waals surface area contributed by atoms with Crippen molar-refractivity contribution in [3.05, 3.63) is 23.9 Å². The highest BCUT2D eigenvalue weighted by Crippen LogP contribution is 2.19. The van der Waals surface area contributed by atoms with E-state index in [1.165, 1.54) is 6.20 Å². The van der Waals surface area contributed by atoms with Crippen LogP contribution in [0.2, 0.25) is 0 Å². The zero-order valence-electron chi connectivity index (χ0n) is 12.6. The van der Waals surface area contributed by atoms with Crippen molar-refractivity contribution in [2.45, 2.75) is 39.7 Å². The normalized spacial score (nSPS) is 15.2. The first kappa shape index (κ1) is 16.4. The molecule has 0 saturated carbocycles. The molecule has 0 aliphatic carbocycles. The van der Waals surface area contributed by atoms with Gasteiger partial charge in [0.15, 0.2) is 0 Å². The van der Waals surface area contributed by atoms with Crippen LogP contribution in [-0.2, 0) is 0 Å². The second-order valence-electron chi connectivity index (χ2n) is 5.17. The van der Waals surface area contributed by atoms with Crippen LogP contribution in [-0.4, -0.2) is 34.8 Å². The van der Waals surface area contributed by atoms with Gasteiger partial charge in [0.1, 0.15) is 0 Å². The van der Waals surface area contributed by atoms with Crippen LogP contribution >= 0.6 is 0 Å². The standard InChI is InChI=1S/C15H24N2O3/c1-5-11(3)15(4,19)10-17-14(18)12-7-8-13(16-9-12)20-6-2/h7-9,11,19H,5-6,10H2,1-4H3,(H,17,18). The molecule has 0 aromatic carbocycles. The van der Waals surface area contributed by atoms with E-state index in [2.05, 4.69) is 10.3 Å². The monoisotopic (exact) mass is 280 g/mol. The molecular formula is C15H24N2O3. The van der Waals surface area contributed by atoms with Gasteiger partial charge in [-0.3, -0.25) is 4.79 Å². The van der Waals surface area contributed by atoms with Gasteiger partial charge in [-0.05, 0) is 25.8 Å². The molecule has 5 nitrogen and oxygen atoms in total. The minimum Gasteiger partial charge on any atom is -0.478 e. The maximum Gasteiger partial charge on any atom is 0.252 e. The minimum absolute atomic E-state index is 0.112. The van der Waals surface area contributed by atoms with Crippen molar-refractivity contribution in [3.8, 4) is 5.88 Å². The summed E-state index contributed by atoms with van der Waals surface area (Å²) in [6.45, 7) is 8.34.